The van der Waals surface area contributed by atoms with Crippen LogP contribution in [0.1, 0.15) is 37.9 Å². The zero-order valence-corrected chi connectivity index (χ0v) is 15.5. The summed E-state index contributed by atoms with van der Waals surface area (Å²) in [7, 11) is 0. The summed E-state index contributed by atoms with van der Waals surface area (Å²) in [6.45, 7) is 6.28. The second-order valence-corrected chi connectivity index (χ2v) is 6.95. The standard InChI is InChI=1S/C17H24N6OS/c1-4-11-5-7-12(8-6-11)14(10(2)3)20-13(24)9-25-17-22-15(18)21-16(19)23-17/h5-8,10,14H,4,9H2,1-3H3,(H,20,24)(H4,18,19,21,22,23)/t14-/m1/s1. The van der Waals surface area contributed by atoms with Crippen molar-refractivity contribution in [2.45, 2.75) is 38.4 Å². The number of carbonyl (C=O) groups is 1. The molecule has 0 spiro atoms. The van der Waals surface area contributed by atoms with Gasteiger partial charge in [0.2, 0.25) is 17.8 Å². The highest BCUT2D eigenvalue weighted by atomic mass is 32.2. The summed E-state index contributed by atoms with van der Waals surface area (Å²) in [5.74, 6) is 0.447. The summed E-state index contributed by atoms with van der Waals surface area (Å²) in [5.41, 5.74) is 13.4. The number of nitrogens with two attached hydrogens (primary N) is 2. The van der Waals surface area contributed by atoms with Gasteiger partial charge in [-0.2, -0.15) is 15.0 Å². The van der Waals surface area contributed by atoms with Crippen molar-refractivity contribution in [1.29, 1.82) is 0 Å². The molecule has 2 rings (SSSR count). The van der Waals surface area contributed by atoms with E-state index in [1.807, 2.05) is 0 Å². The summed E-state index contributed by atoms with van der Waals surface area (Å²) in [5, 5.41) is 3.42. The molecule has 0 bridgehead atoms. The van der Waals surface area contributed by atoms with Crippen LogP contribution in [0.3, 0.4) is 0 Å². The smallest absolute Gasteiger partial charge is 0.230 e. The third-order valence-corrected chi connectivity index (χ3v) is 4.56. The zero-order chi connectivity index (χ0) is 18.4. The van der Waals surface area contributed by atoms with Gasteiger partial charge < -0.3 is 16.8 Å². The van der Waals surface area contributed by atoms with Crippen LogP contribution in [-0.4, -0.2) is 26.6 Å². The summed E-state index contributed by atoms with van der Waals surface area (Å²) >= 11 is 1.18. The molecule has 0 radical (unpaired) electrons. The van der Waals surface area contributed by atoms with E-state index >= 15 is 0 Å². The van der Waals surface area contributed by atoms with Crippen LogP contribution in [0.2, 0.25) is 0 Å². The lowest BCUT2D eigenvalue weighted by atomic mass is 9.95. The molecule has 1 atom stereocenters. The van der Waals surface area contributed by atoms with Crippen molar-refractivity contribution in [3.05, 3.63) is 35.4 Å². The number of rotatable bonds is 7. The summed E-state index contributed by atoms with van der Waals surface area (Å²) in [6, 6.07) is 8.30. The van der Waals surface area contributed by atoms with Crippen molar-refractivity contribution in [3.63, 3.8) is 0 Å². The Hall–Kier alpha value is -2.35. The number of hydrogen-bond donors (Lipinski definition) is 3. The third kappa shape index (κ3) is 5.60. The molecule has 1 aromatic carbocycles. The van der Waals surface area contributed by atoms with Crippen LogP contribution < -0.4 is 16.8 Å². The Morgan fingerprint density at radius 1 is 1.12 bits per heavy atom. The number of anilines is 2. The topological polar surface area (TPSA) is 120 Å². The second-order valence-electron chi connectivity index (χ2n) is 6.01. The van der Waals surface area contributed by atoms with E-state index in [2.05, 4.69) is 65.3 Å². The molecule has 7 nitrogen and oxygen atoms in total. The molecule has 0 aliphatic carbocycles. The molecule has 0 unspecified atom stereocenters. The van der Waals surface area contributed by atoms with E-state index < -0.39 is 0 Å². The van der Waals surface area contributed by atoms with E-state index in [0.29, 0.717) is 5.16 Å². The van der Waals surface area contributed by atoms with Crippen molar-refractivity contribution in [2.24, 2.45) is 5.92 Å². The van der Waals surface area contributed by atoms with E-state index in [4.69, 9.17) is 11.5 Å². The normalized spacial score (nSPS) is 12.2. The SMILES string of the molecule is CCc1ccc([C@H](NC(=O)CSc2nc(N)nc(N)n2)C(C)C)cc1. The van der Waals surface area contributed by atoms with Crippen LogP contribution in [-0.2, 0) is 11.2 Å². The number of thioether (sulfide) groups is 1. The number of aryl methyl sites for hydroxylation is 1. The lowest BCUT2D eigenvalue weighted by Gasteiger charge is -2.23. The Morgan fingerprint density at radius 2 is 1.72 bits per heavy atom. The van der Waals surface area contributed by atoms with Gasteiger partial charge in [-0.05, 0) is 23.5 Å². The number of amides is 1. The monoisotopic (exact) mass is 360 g/mol. The number of carbonyl (C=O) groups excluding carboxylic acids is 1. The molecule has 0 fully saturated rings. The quantitative estimate of drug-likeness (QED) is 0.647. The van der Waals surface area contributed by atoms with Crippen LogP contribution >= 0.6 is 11.8 Å². The molecular weight excluding hydrogens is 336 g/mol. The third-order valence-electron chi connectivity index (χ3n) is 3.71. The minimum Gasteiger partial charge on any atom is -0.368 e. The number of nitrogens with zero attached hydrogens (tertiary/aromatic N) is 3. The molecule has 8 heteroatoms. The minimum absolute atomic E-state index is 0.0477. The Morgan fingerprint density at radius 3 is 2.24 bits per heavy atom. The molecule has 0 saturated heterocycles. The fourth-order valence-corrected chi connectivity index (χ4v) is 3.05. The molecule has 2 aromatic rings. The largest absolute Gasteiger partial charge is 0.368 e. The Labute approximate surface area is 152 Å². The van der Waals surface area contributed by atoms with Crippen molar-refractivity contribution in [2.75, 3.05) is 17.2 Å². The maximum atomic E-state index is 12.3. The lowest BCUT2D eigenvalue weighted by Crippen LogP contribution is -2.33. The number of nitrogens with one attached hydrogen (secondary N) is 1. The predicted octanol–water partition coefficient (Wildman–Crippen LogP) is 2.20. The summed E-state index contributed by atoms with van der Waals surface area (Å²) in [6.07, 6.45) is 0.994. The molecule has 0 aliphatic heterocycles. The van der Waals surface area contributed by atoms with Gasteiger partial charge in [0.25, 0.3) is 0 Å². The average Bonchev–Trinajstić information content (AvgIpc) is 2.57. The van der Waals surface area contributed by atoms with Crippen LogP contribution in [0, 0.1) is 5.92 Å². The predicted molar refractivity (Wildman–Crippen MR) is 101 cm³/mol. The zero-order valence-electron chi connectivity index (χ0n) is 14.7. The van der Waals surface area contributed by atoms with Gasteiger partial charge in [0.15, 0.2) is 5.16 Å². The Kier molecular flexibility index (Phi) is 6.58. The van der Waals surface area contributed by atoms with Crippen LogP contribution in [0.25, 0.3) is 0 Å². The molecule has 1 aromatic heterocycles. The van der Waals surface area contributed by atoms with Gasteiger partial charge in [0.1, 0.15) is 0 Å². The van der Waals surface area contributed by atoms with E-state index in [1.165, 1.54) is 17.3 Å². The number of benzene rings is 1. The molecule has 134 valence electrons. The highest BCUT2D eigenvalue weighted by Gasteiger charge is 2.18. The van der Waals surface area contributed by atoms with Gasteiger partial charge in [0.05, 0.1) is 11.8 Å². The molecular formula is C17H24N6OS. The summed E-state index contributed by atoms with van der Waals surface area (Å²) in [4.78, 5) is 24.0. The fourth-order valence-electron chi connectivity index (χ4n) is 2.39. The summed E-state index contributed by atoms with van der Waals surface area (Å²) < 4.78 is 0. The number of aromatic nitrogens is 3. The van der Waals surface area contributed by atoms with Gasteiger partial charge in [-0.1, -0.05) is 56.8 Å². The molecule has 1 amide bonds. The second kappa shape index (κ2) is 8.66. The fraction of sp³-hybridized carbons (Fsp3) is 0.412. The first-order valence-corrected chi connectivity index (χ1v) is 9.15. The van der Waals surface area contributed by atoms with Gasteiger partial charge >= 0.3 is 0 Å². The molecule has 1 heterocycles. The maximum Gasteiger partial charge on any atom is 0.230 e. The average molecular weight is 360 g/mol. The van der Waals surface area contributed by atoms with Gasteiger partial charge in [-0.15, -0.1) is 0 Å². The number of hydrogen-bond acceptors (Lipinski definition) is 7. The van der Waals surface area contributed by atoms with Gasteiger partial charge in [0, 0.05) is 0 Å². The molecule has 25 heavy (non-hydrogen) atoms. The molecule has 0 saturated carbocycles. The maximum absolute atomic E-state index is 12.3. The van der Waals surface area contributed by atoms with E-state index in [0.717, 1.165) is 12.0 Å². The van der Waals surface area contributed by atoms with E-state index in [9.17, 15) is 4.79 Å². The highest BCUT2D eigenvalue weighted by Crippen LogP contribution is 2.23. The first-order chi connectivity index (χ1) is 11.9. The molecule has 5 N–H and O–H groups in total. The van der Waals surface area contributed by atoms with Crippen molar-refractivity contribution < 1.29 is 4.79 Å². The van der Waals surface area contributed by atoms with E-state index in [1.54, 1.807) is 0 Å². The Balaban J connectivity index is 1.99. The number of nitrogen functional groups attached to an aromatic ring is 2. The minimum atomic E-state index is -0.0965. The molecule has 0 aliphatic rings. The first kappa shape index (κ1) is 19.0. The van der Waals surface area contributed by atoms with Gasteiger partial charge in [-0.25, -0.2) is 0 Å². The Bertz CT molecular complexity index is 699. The van der Waals surface area contributed by atoms with Crippen LogP contribution in [0.15, 0.2) is 29.4 Å². The van der Waals surface area contributed by atoms with Crippen molar-refractivity contribution >= 4 is 29.6 Å². The first-order valence-electron chi connectivity index (χ1n) is 8.17. The van der Waals surface area contributed by atoms with Crippen LogP contribution in [0.4, 0.5) is 11.9 Å². The van der Waals surface area contributed by atoms with Crippen LogP contribution in [0.5, 0.6) is 0 Å². The lowest BCUT2D eigenvalue weighted by molar-refractivity contribution is -0.119. The van der Waals surface area contributed by atoms with Gasteiger partial charge in [-0.3, -0.25) is 4.79 Å². The highest BCUT2D eigenvalue weighted by molar-refractivity contribution is 7.99. The van der Waals surface area contributed by atoms with Crippen molar-refractivity contribution in [1.82, 2.24) is 20.3 Å². The van der Waals surface area contributed by atoms with E-state index in [-0.39, 0.29) is 35.5 Å². The van der Waals surface area contributed by atoms with Crippen molar-refractivity contribution in [3.8, 4) is 0 Å².